The topological polar surface area (TPSA) is 87.5 Å². The molecule has 1 rings (SSSR count). The molecular formula is C11H19N3O3. The minimum Gasteiger partial charge on any atom is -0.474 e. The summed E-state index contributed by atoms with van der Waals surface area (Å²) in [6.45, 7) is 4.24. The molecule has 3 N–H and O–H groups in total. The van der Waals surface area contributed by atoms with Gasteiger partial charge in [-0.2, -0.15) is 4.98 Å². The van der Waals surface area contributed by atoms with Crippen LogP contribution in [0.5, 0.6) is 5.88 Å². The summed E-state index contributed by atoms with van der Waals surface area (Å²) in [5.41, 5.74) is -0.703. The number of rotatable bonds is 7. The number of hydrogen-bond donors (Lipinski definition) is 3. The quantitative estimate of drug-likeness (QED) is 0.641. The average Bonchev–Trinajstić information content (AvgIpc) is 2.25. The third-order valence-electron chi connectivity index (χ3n) is 2.00. The molecule has 0 saturated carbocycles. The predicted octanol–water partition coefficient (Wildman–Crippen LogP) is 0.421. The van der Waals surface area contributed by atoms with Gasteiger partial charge in [0.2, 0.25) is 5.88 Å². The minimum atomic E-state index is -0.703. The molecule has 1 heterocycles. The zero-order valence-corrected chi connectivity index (χ0v) is 10.2. The molecular weight excluding hydrogens is 222 g/mol. The number of hydrogen-bond acceptors (Lipinski definition) is 6. The number of anilines is 1. The molecule has 0 radical (unpaired) electrons. The molecule has 0 aliphatic rings. The van der Waals surface area contributed by atoms with Gasteiger partial charge in [-0.1, -0.05) is 0 Å². The van der Waals surface area contributed by atoms with Crippen LogP contribution in [0.15, 0.2) is 12.4 Å². The summed E-state index contributed by atoms with van der Waals surface area (Å²) in [6, 6.07) is 0. The van der Waals surface area contributed by atoms with Gasteiger partial charge in [0, 0.05) is 6.54 Å². The molecule has 0 saturated heterocycles. The average molecular weight is 241 g/mol. The van der Waals surface area contributed by atoms with E-state index in [0.717, 1.165) is 0 Å². The fraction of sp³-hybridized carbons (Fsp3) is 0.636. The van der Waals surface area contributed by atoms with Crippen molar-refractivity contribution in [2.45, 2.75) is 25.9 Å². The van der Waals surface area contributed by atoms with Gasteiger partial charge >= 0.3 is 0 Å². The molecule has 0 aliphatic carbocycles. The Hall–Kier alpha value is -1.40. The van der Waals surface area contributed by atoms with E-state index in [1.807, 2.05) is 0 Å². The van der Waals surface area contributed by atoms with Crippen molar-refractivity contribution >= 4 is 5.82 Å². The van der Waals surface area contributed by atoms with Gasteiger partial charge in [0.05, 0.1) is 24.6 Å². The van der Waals surface area contributed by atoms with Gasteiger partial charge in [-0.15, -0.1) is 0 Å². The lowest BCUT2D eigenvalue weighted by atomic mass is 10.1. The van der Waals surface area contributed by atoms with Gasteiger partial charge in [-0.3, -0.25) is 4.98 Å². The lowest BCUT2D eigenvalue weighted by Crippen LogP contribution is -2.22. The number of ether oxygens (including phenoxy) is 1. The van der Waals surface area contributed by atoms with Gasteiger partial charge in [-0.25, -0.2) is 0 Å². The van der Waals surface area contributed by atoms with Crippen LogP contribution in [-0.4, -0.2) is 45.5 Å². The third kappa shape index (κ3) is 6.03. The second kappa shape index (κ2) is 6.36. The Balaban J connectivity index is 2.43. The number of aromatic nitrogens is 2. The number of nitrogens with zero attached hydrogens (tertiary/aromatic N) is 2. The lowest BCUT2D eigenvalue weighted by molar-refractivity contribution is 0.0748. The molecule has 0 fully saturated rings. The van der Waals surface area contributed by atoms with Gasteiger partial charge in [0.25, 0.3) is 0 Å². The van der Waals surface area contributed by atoms with E-state index in [1.54, 1.807) is 20.0 Å². The fourth-order valence-electron chi connectivity index (χ4n) is 1.15. The first-order valence-electron chi connectivity index (χ1n) is 5.53. The van der Waals surface area contributed by atoms with Crippen molar-refractivity contribution in [3.05, 3.63) is 12.4 Å². The molecule has 0 aromatic carbocycles. The third-order valence-corrected chi connectivity index (χ3v) is 2.00. The molecule has 6 nitrogen and oxygen atoms in total. The number of nitrogens with one attached hydrogen (secondary N) is 1. The van der Waals surface area contributed by atoms with Crippen LogP contribution in [0.25, 0.3) is 0 Å². The van der Waals surface area contributed by atoms with E-state index < -0.39 is 5.60 Å². The van der Waals surface area contributed by atoms with Crippen molar-refractivity contribution in [2.75, 3.05) is 25.1 Å². The maximum Gasteiger partial charge on any atom is 0.234 e. The second-order valence-electron chi connectivity index (χ2n) is 4.30. The lowest BCUT2D eigenvalue weighted by Gasteiger charge is -2.17. The van der Waals surface area contributed by atoms with Crippen LogP contribution >= 0.6 is 0 Å². The Morgan fingerprint density at radius 3 is 2.82 bits per heavy atom. The van der Waals surface area contributed by atoms with Crippen LogP contribution in [0.1, 0.15) is 20.3 Å². The Kier molecular flexibility index (Phi) is 5.11. The molecule has 0 unspecified atom stereocenters. The standard InChI is InChI=1S/C11H19N3O3/c1-11(2,16)3-4-13-9-7-12-8-10(14-9)17-6-5-15/h7-8,15-16H,3-6H2,1-2H3,(H,13,14). The molecule has 17 heavy (non-hydrogen) atoms. The molecule has 0 spiro atoms. The zero-order chi connectivity index (χ0) is 12.7. The van der Waals surface area contributed by atoms with Crippen molar-refractivity contribution in [1.82, 2.24) is 9.97 Å². The summed E-state index contributed by atoms with van der Waals surface area (Å²) in [5, 5.41) is 21.2. The molecule has 0 aliphatic heterocycles. The highest BCUT2D eigenvalue weighted by Gasteiger charge is 2.11. The van der Waals surface area contributed by atoms with Gasteiger partial charge < -0.3 is 20.3 Å². The first-order chi connectivity index (χ1) is 8.01. The van der Waals surface area contributed by atoms with E-state index in [4.69, 9.17) is 9.84 Å². The largest absolute Gasteiger partial charge is 0.474 e. The Morgan fingerprint density at radius 1 is 1.41 bits per heavy atom. The van der Waals surface area contributed by atoms with E-state index in [1.165, 1.54) is 6.20 Å². The molecule has 0 atom stereocenters. The Bertz CT molecular complexity index is 339. The van der Waals surface area contributed by atoms with Crippen LogP contribution in [0.3, 0.4) is 0 Å². The minimum absolute atomic E-state index is 0.0575. The highest BCUT2D eigenvalue weighted by molar-refractivity contribution is 5.33. The number of aliphatic hydroxyl groups is 2. The van der Waals surface area contributed by atoms with Crippen LogP contribution in [0, 0.1) is 0 Å². The first kappa shape index (κ1) is 13.7. The van der Waals surface area contributed by atoms with E-state index in [2.05, 4.69) is 15.3 Å². The maximum atomic E-state index is 9.54. The van der Waals surface area contributed by atoms with Crippen molar-refractivity contribution in [3.8, 4) is 5.88 Å². The first-order valence-corrected chi connectivity index (χ1v) is 5.53. The summed E-state index contributed by atoms with van der Waals surface area (Å²) in [6.07, 6.45) is 3.67. The molecule has 0 bridgehead atoms. The van der Waals surface area contributed by atoms with Crippen LogP contribution in [0.2, 0.25) is 0 Å². The van der Waals surface area contributed by atoms with E-state index in [-0.39, 0.29) is 13.2 Å². The van der Waals surface area contributed by atoms with Gasteiger partial charge in [0.15, 0.2) is 0 Å². The van der Waals surface area contributed by atoms with Crippen LogP contribution < -0.4 is 10.1 Å². The molecule has 0 amide bonds. The molecule has 6 heteroatoms. The van der Waals surface area contributed by atoms with Crippen LogP contribution in [0.4, 0.5) is 5.82 Å². The fourth-order valence-corrected chi connectivity index (χ4v) is 1.15. The summed E-state index contributed by atoms with van der Waals surface area (Å²) in [4.78, 5) is 8.10. The van der Waals surface area contributed by atoms with Crippen molar-refractivity contribution in [1.29, 1.82) is 0 Å². The van der Waals surface area contributed by atoms with E-state index >= 15 is 0 Å². The summed E-state index contributed by atoms with van der Waals surface area (Å²) in [7, 11) is 0. The monoisotopic (exact) mass is 241 g/mol. The normalized spacial score (nSPS) is 11.3. The highest BCUT2D eigenvalue weighted by Crippen LogP contribution is 2.11. The Morgan fingerprint density at radius 2 is 2.18 bits per heavy atom. The van der Waals surface area contributed by atoms with Gasteiger partial charge in [-0.05, 0) is 20.3 Å². The number of aliphatic hydroxyl groups excluding tert-OH is 1. The van der Waals surface area contributed by atoms with Crippen LogP contribution in [-0.2, 0) is 0 Å². The van der Waals surface area contributed by atoms with Gasteiger partial charge in [0.1, 0.15) is 12.4 Å². The summed E-state index contributed by atoms with van der Waals surface area (Å²) < 4.78 is 5.13. The highest BCUT2D eigenvalue weighted by atomic mass is 16.5. The summed E-state index contributed by atoms with van der Waals surface area (Å²) >= 11 is 0. The zero-order valence-electron chi connectivity index (χ0n) is 10.2. The van der Waals surface area contributed by atoms with Crippen molar-refractivity contribution < 1.29 is 14.9 Å². The maximum absolute atomic E-state index is 9.54. The second-order valence-corrected chi connectivity index (χ2v) is 4.30. The Labute approximate surface area is 101 Å². The van der Waals surface area contributed by atoms with E-state index in [0.29, 0.717) is 24.7 Å². The SMILES string of the molecule is CC(C)(O)CCNc1cncc(OCCO)n1. The van der Waals surface area contributed by atoms with Crippen molar-refractivity contribution in [3.63, 3.8) is 0 Å². The van der Waals surface area contributed by atoms with Crippen molar-refractivity contribution in [2.24, 2.45) is 0 Å². The summed E-state index contributed by atoms with van der Waals surface area (Å²) in [5.74, 6) is 0.956. The predicted molar refractivity (Wildman–Crippen MR) is 64.0 cm³/mol. The smallest absolute Gasteiger partial charge is 0.234 e. The molecule has 1 aromatic heterocycles. The van der Waals surface area contributed by atoms with E-state index in [9.17, 15) is 5.11 Å². The molecule has 96 valence electrons. The molecule has 1 aromatic rings.